The molecule has 0 aliphatic heterocycles. The summed E-state index contributed by atoms with van der Waals surface area (Å²) in [7, 11) is 0. The van der Waals surface area contributed by atoms with Crippen LogP contribution in [0.15, 0.2) is 6.20 Å². The first kappa shape index (κ1) is 12.6. The maximum absolute atomic E-state index is 4.23. The predicted octanol–water partition coefficient (Wildman–Crippen LogP) is 2.86. The van der Waals surface area contributed by atoms with Gasteiger partial charge in [-0.3, -0.25) is 0 Å². The number of nitrogens with one attached hydrogen (secondary N) is 1. The second-order valence-electron chi connectivity index (χ2n) is 4.85. The molecule has 0 aromatic carbocycles. The predicted molar refractivity (Wildman–Crippen MR) is 72.3 cm³/mol. The summed E-state index contributed by atoms with van der Waals surface area (Å²) in [6, 6.07) is 0. The van der Waals surface area contributed by atoms with Crippen LogP contribution in [0, 0.1) is 6.92 Å². The molecule has 0 aliphatic rings. The summed E-state index contributed by atoms with van der Waals surface area (Å²) in [6.07, 6.45) is 1.86. The molecule has 0 fully saturated rings. The lowest BCUT2D eigenvalue weighted by molar-refractivity contribution is 0.423. The Hall–Kier alpha value is -0.850. The number of hydrogen-bond acceptors (Lipinski definition) is 6. The van der Waals surface area contributed by atoms with Gasteiger partial charge in [-0.1, -0.05) is 11.3 Å². The van der Waals surface area contributed by atoms with Gasteiger partial charge < -0.3 is 5.32 Å². The van der Waals surface area contributed by atoms with E-state index in [1.165, 1.54) is 0 Å². The Kier molecular flexibility index (Phi) is 3.56. The fraction of sp³-hybridized carbons (Fsp3) is 0.545. The first-order valence-electron chi connectivity index (χ1n) is 5.44. The average molecular weight is 268 g/mol. The highest BCUT2D eigenvalue weighted by atomic mass is 32.1. The van der Waals surface area contributed by atoms with Crippen molar-refractivity contribution in [3.63, 3.8) is 0 Å². The first-order chi connectivity index (χ1) is 7.94. The van der Waals surface area contributed by atoms with Crippen molar-refractivity contribution >= 4 is 22.7 Å². The minimum atomic E-state index is 0.104. The van der Waals surface area contributed by atoms with Gasteiger partial charge in [-0.25, -0.2) is 4.98 Å². The third-order valence-corrected chi connectivity index (χ3v) is 4.07. The maximum atomic E-state index is 4.23. The SMILES string of the molecule is Cc1ncc(-c2nnc(CNC(C)(C)C)s2)s1. The van der Waals surface area contributed by atoms with Crippen LogP contribution < -0.4 is 5.32 Å². The number of rotatable bonds is 3. The summed E-state index contributed by atoms with van der Waals surface area (Å²) in [5.41, 5.74) is 0.104. The molecule has 2 heterocycles. The van der Waals surface area contributed by atoms with Gasteiger partial charge in [-0.2, -0.15) is 0 Å². The molecule has 2 rings (SSSR count). The maximum Gasteiger partial charge on any atom is 0.159 e. The van der Waals surface area contributed by atoms with Crippen LogP contribution in [0.3, 0.4) is 0 Å². The molecule has 0 saturated heterocycles. The van der Waals surface area contributed by atoms with Gasteiger partial charge in [0.15, 0.2) is 5.01 Å². The van der Waals surface area contributed by atoms with Gasteiger partial charge in [0.2, 0.25) is 0 Å². The second-order valence-corrected chi connectivity index (χ2v) is 7.14. The number of thiazole rings is 1. The molecule has 0 amide bonds. The Morgan fingerprint density at radius 3 is 2.59 bits per heavy atom. The summed E-state index contributed by atoms with van der Waals surface area (Å²) in [6.45, 7) is 9.18. The zero-order chi connectivity index (χ0) is 12.5. The van der Waals surface area contributed by atoms with Crippen LogP contribution >= 0.6 is 22.7 Å². The van der Waals surface area contributed by atoms with Crippen molar-refractivity contribution in [2.24, 2.45) is 0 Å². The molecule has 0 aliphatic carbocycles. The summed E-state index contributed by atoms with van der Waals surface area (Å²) in [5.74, 6) is 0. The first-order valence-corrected chi connectivity index (χ1v) is 7.07. The van der Waals surface area contributed by atoms with Crippen LogP contribution in [0.25, 0.3) is 9.88 Å². The van der Waals surface area contributed by atoms with Crippen molar-refractivity contribution < 1.29 is 0 Å². The van der Waals surface area contributed by atoms with Gasteiger partial charge in [-0.15, -0.1) is 21.5 Å². The zero-order valence-electron chi connectivity index (χ0n) is 10.4. The van der Waals surface area contributed by atoms with E-state index in [2.05, 4.69) is 41.3 Å². The molecule has 4 nitrogen and oxygen atoms in total. The van der Waals surface area contributed by atoms with Crippen LogP contribution in [-0.2, 0) is 6.54 Å². The molecule has 0 saturated carbocycles. The van der Waals surface area contributed by atoms with Crippen LogP contribution in [0.1, 0.15) is 30.8 Å². The minimum Gasteiger partial charge on any atom is -0.306 e. The normalized spacial score (nSPS) is 12.0. The quantitative estimate of drug-likeness (QED) is 0.930. The van der Waals surface area contributed by atoms with E-state index < -0.39 is 0 Å². The number of hydrogen-bond donors (Lipinski definition) is 1. The smallest absolute Gasteiger partial charge is 0.159 e. The number of nitrogens with zero attached hydrogens (tertiary/aromatic N) is 3. The third-order valence-electron chi connectivity index (χ3n) is 2.07. The highest BCUT2D eigenvalue weighted by molar-refractivity contribution is 7.21. The molecule has 6 heteroatoms. The summed E-state index contributed by atoms with van der Waals surface area (Å²) >= 11 is 3.28. The van der Waals surface area contributed by atoms with E-state index in [0.717, 1.165) is 26.4 Å². The molecular weight excluding hydrogens is 252 g/mol. The lowest BCUT2D eigenvalue weighted by Gasteiger charge is -2.19. The zero-order valence-corrected chi connectivity index (χ0v) is 12.1. The summed E-state index contributed by atoms with van der Waals surface area (Å²) < 4.78 is 0. The fourth-order valence-electron chi connectivity index (χ4n) is 1.23. The van der Waals surface area contributed by atoms with Crippen molar-refractivity contribution in [2.45, 2.75) is 39.8 Å². The highest BCUT2D eigenvalue weighted by Crippen LogP contribution is 2.28. The Labute approximate surface area is 109 Å². The lowest BCUT2D eigenvalue weighted by Crippen LogP contribution is -2.35. The average Bonchev–Trinajstić information content (AvgIpc) is 2.81. The molecule has 1 N–H and O–H groups in total. The summed E-state index contributed by atoms with van der Waals surface area (Å²) in [5, 5.41) is 14.8. The Balaban J connectivity index is 2.06. The van der Waals surface area contributed by atoms with E-state index in [1.807, 2.05) is 13.1 Å². The molecule has 0 spiro atoms. The Morgan fingerprint density at radius 1 is 1.24 bits per heavy atom. The number of aryl methyl sites for hydroxylation is 1. The van der Waals surface area contributed by atoms with Crippen molar-refractivity contribution in [1.82, 2.24) is 20.5 Å². The Morgan fingerprint density at radius 2 is 2.00 bits per heavy atom. The molecule has 0 unspecified atom stereocenters. The third kappa shape index (κ3) is 3.55. The standard InChI is InChI=1S/C11H16N4S2/c1-7-12-5-8(16-7)10-15-14-9(17-10)6-13-11(2,3)4/h5,13H,6H2,1-4H3. The van der Waals surface area contributed by atoms with Gasteiger partial charge >= 0.3 is 0 Å². The van der Waals surface area contributed by atoms with Gasteiger partial charge in [-0.05, 0) is 27.7 Å². The van der Waals surface area contributed by atoms with Crippen molar-refractivity contribution in [2.75, 3.05) is 0 Å². The van der Waals surface area contributed by atoms with Crippen molar-refractivity contribution in [3.8, 4) is 9.88 Å². The van der Waals surface area contributed by atoms with Crippen molar-refractivity contribution in [1.29, 1.82) is 0 Å². The van der Waals surface area contributed by atoms with Crippen LogP contribution in [0.5, 0.6) is 0 Å². The van der Waals surface area contributed by atoms with Gasteiger partial charge in [0.25, 0.3) is 0 Å². The molecule has 2 aromatic rings. The van der Waals surface area contributed by atoms with E-state index in [0.29, 0.717) is 0 Å². The van der Waals surface area contributed by atoms with E-state index in [9.17, 15) is 0 Å². The van der Waals surface area contributed by atoms with Gasteiger partial charge in [0, 0.05) is 11.7 Å². The molecule has 92 valence electrons. The second kappa shape index (κ2) is 4.80. The number of aromatic nitrogens is 3. The molecule has 0 atom stereocenters. The lowest BCUT2D eigenvalue weighted by atomic mass is 10.1. The highest BCUT2D eigenvalue weighted by Gasteiger charge is 2.12. The van der Waals surface area contributed by atoms with Crippen LogP contribution in [-0.4, -0.2) is 20.7 Å². The van der Waals surface area contributed by atoms with E-state index in [-0.39, 0.29) is 5.54 Å². The Bertz CT molecular complexity index is 496. The molecule has 0 radical (unpaired) electrons. The molecule has 17 heavy (non-hydrogen) atoms. The van der Waals surface area contributed by atoms with E-state index in [4.69, 9.17) is 0 Å². The fourth-order valence-corrected chi connectivity index (χ4v) is 2.82. The van der Waals surface area contributed by atoms with E-state index >= 15 is 0 Å². The van der Waals surface area contributed by atoms with Crippen molar-refractivity contribution in [3.05, 3.63) is 16.2 Å². The van der Waals surface area contributed by atoms with Crippen LogP contribution in [0.2, 0.25) is 0 Å². The van der Waals surface area contributed by atoms with E-state index in [1.54, 1.807) is 22.7 Å². The van der Waals surface area contributed by atoms with Gasteiger partial charge in [0.05, 0.1) is 16.4 Å². The molecule has 0 bridgehead atoms. The topological polar surface area (TPSA) is 50.7 Å². The largest absolute Gasteiger partial charge is 0.306 e. The van der Waals surface area contributed by atoms with Crippen LogP contribution in [0.4, 0.5) is 0 Å². The van der Waals surface area contributed by atoms with Gasteiger partial charge in [0.1, 0.15) is 5.01 Å². The monoisotopic (exact) mass is 268 g/mol. The minimum absolute atomic E-state index is 0.104. The molecular formula is C11H16N4S2. The molecule has 2 aromatic heterocycles. The summed E-state index contributed by atoms with van der Waals surface area (Å²) in [4.78, 5) is 5.33.